The van der Waals surface area contributed by atoms with Crippen LogP contribution in [0.15, 0.2) is 49.6 Å². The van der Waals surface area contributed by atoms with Crippen molar-refractivity contribution in [1.82, 2.24) is 9.80 Å². The van der Waals surface area contributed by atoms with Gasteiger partial charge in [-0.2, -0.15) is 0 Å². The highest BCUT2D eigenvalue weighted by Crippen LogP contribution is 2.68. The van der Waals surface area contributed by atoms with Gasteiger partial charge in [0.25, 0.3) is 0 Å². The summed E-state index contributed by atoms with van der Waals surface area (Å²) in [5, 5.41) is 9.89. The van der Waals surface area contributed by atoms with Crippen molar-refractivity contribution in [3.05, 3.63) is 49.6 Å². The number of alkyl halides is 1. The zero-order valence-corrected chi connectivity index (χ0v) is 29.3. The Morgan fingerprint density at radius 2 is 1.77 bits per heavy atom. The molecule has 3 aliphatic heterocycles. The van der Waals surface area contributed by atoms with Gasteiger partial charge in [-0.15, -0.1) is 24.9 Å². The Bertz CT molecular complexity index is 1260. The zero-order chi connectivity index (χ0) is 32.6. The summed E-state index contributed by atoms with van der Waals surface area (Å²) in [7, 11) is 0. The summed E-state index contributed by atoms with van der Waals surface area (Å²) in [6.07, 6.45) is 4.73. The molecular weight excluding hydrogens is 642 g/mol. The van der Waals surface area contributed by atoms with Gasteiger partial charge in [0.05, 0.1) is 29.8 Å². The standard InChI is InChI=1S/C34H48BrN3O5S/c1-9-16-36(22-12-14-23(15-13-22)43-11-3)29(40)25-26-30(41)37(18-19-39)28(34(26)20-24(35)27(25)44-34)31(42)38(17-10-2)33(7,8)21-32(4,5)6/h9-10,12-15,24-28,39H,1-2,11,16-21H2,3-8H3/t24?,25-,26+,27-,28?,34?/m1/s1. The van der Waals surface area contributed by atoms with Crippen molar-refractivity contribution >= 4 is 51.1 Å². The molecule has 1 aromatic rings. The molecule has 3 saturated heterocycles. The van der Waals surface area contributed by atoms with E-state index in [1.165, 1.54) is 0 Å². The number of thioether (sulfide) groups is 1. The third-order valence-corrected chi connectivity index (χ3v) is 12.2. The molecular formula is C34H48BrN3O5S. The molecule has 0 radical (unpaired) electrons. The van der Waals surface area contributed by atoms with Crippen LogP contribution in [0.25, 0.3) is 0 Å². The van der Waals surface area contributed by atoms with E-state index in [1.54, 1.807) is 33.7 Å². The predicted molar refractivity (Wildman–Crippen MR) is 181 cm³/mol. The lowest BCUT2D eigenvalue weighted by Gasteiger charge is -2.46. The monoisotopic (exact) mass is 689 g/mol. The second-order valence-electron chi connectivity index (χ2n) is 13.9. The second-order valence-corrected chi connectivity index (χ2v) is 16.6. The maximum absolute atomic E-state index is 14.8. The molecule has 3 heterocycles. The molecule has 0 aliphatic carbocycles. The van der Waals surface area contributed by atoms with Crippen LogP contribution in [0.1, 0.15) is 54.4 Å². The Balaban J connectivity index is 1.76. The molecule has 0 saturated carbocycles. The first-order chi connectivity index (χ1) is 20.7. The van der Waals surface area contributed by atoms with Crippen molar-refractivity contribution in [2.75, 3.05) is 37.7 Å². The van der Waals surface area contributed by atoms with Crippen molar-refractivity contribution in [1.29, 1.82) is 0 Å². The van der Waals surface area contributed by atoms with E-state index in [0.29, 0.717) is 31.0 Å². The van der Waals surface area contributed by atoms with E-state index in [0.717, 1.165) is 6.42 Å². The summed E-state index contributed by atoms with van der Waals surface area (Å²) in [5.41, 5.74) is 0.123. The van der Waals surface area contributed by atoms with Gasteiger partial charge in [0.1, 0.15) is 11.8 Å². The van der Waals surface area contributed by atoms with Crippen molar-refractivity contribution in [3.8, 4) is 5.75 Å². The molecule has 3 aliphatic rings. The van der Waals surface area contributed by atoms with Gasteiger partial charge in [0, 0.05) is 40.9 Å². The number of carbonyl (C=O) groups excluding carboxylic acids is 3. The summed E-state index contributed by atoms with van der Waals surface area (Å²) >= 11 is 5.47. The number of aliphatic hydroxyl groups is 1. The van der Waals surface area contributed by atoms with Gasteiger partial charge in [-0.3, -0.25) is 14.4 Å². The number of ether oxygens (including phenoxy) is 1. The predicted octanol–water partition coefficient (Wildman–Crippen LogP) is 5.29. The highest BCUT2D eigenvalue weighted by molar-refractivity contribution is 9.09. The maximum Gasteiger partial charge on any atom is 0.247 e. The minimum atomic E-state index is -0.808. The Morgan fingerprint density at radius 1 is 1.14 bits per heavy atom. The number of hydrogen-bond acceptors (Lipinski definition) is 6. The maximum atomic E-state index is 14.8. The summed E-state index contributed by atoms with van der Waals surface area (Å²) in [6, 6.07) is 6.55. The lowest BCUT2D eigenvalue weighted by molar-refractivity contribution is -0.147. The molecule has 3 fully saturated rings. The molecule has 2 bridgehead atoms. The number of fused-ring (bicyclic) bond motifs is 1. The molecule has 242 valence electrons. The summed E-state index contributed by atoms with van der Waals surface area (Å²) in [5.74, 6) is -1.18. The number of anilines is 1. The van der Waals surface area contributed by atoms with Crippen LogP contribution >= 0.6 is 27.7 Å². The van der Waals surface area contributed by atoms with Gasteiger partial charge >= 0.3 is 0 Å². The van der Waals surface area contributed by atoms with Crippen LogP contribution in [0.4, 0.5) is 5.69 Å². The van der Waals surface area contributed by atoms with Crippen molar-refractivity contribution in [2.24, 2.45) is 17.3 Å². The number of rotatable bonds is 13. The van der Waals surface area contributed by atoms with E-state index in [9.17, 15) is 19.5 Å². The van der Waals surface area contributed by atoms with Crippen LogP contribution in [0, 0.1) is 17.3 Å². The fraction of sp³-hybridized carbons (Fsp3) is 0.618. The van der Waals surface area contributed by atoms with Crippen LogP contribution in [-0.4, -0.2) is 91.9 Å². The van der Waals surface area contributed by atoms with Crippen molar-refractivity contribution in [3.63, 3.8) is 0 Å². The number of halogens is 1. The van der Waals surface area contributed by atoms with Crippen LogP contribution < -0.4 is 9.64 Å². The van der Waals surface area contributed by atoms with Crippen LogP contribution in [0.5, 0.6) is 5.75 Å². The number of aliphatic hydroxyl groups excluding tert-OH is 1. The number of likely N-dealkylation sites (tertiary alicyclic amines) is 1. The smallest absolute Gasteiger partial charge is 0.247 e. The molecule has 3 amide bonds. The minimum absolute atomic E-state index is 0.0312. The van der Waals surface area contributed by atoms with Crippen LogP contribution in [0.3, 0.4) is 0 Å². The van der Waals surface area contributed by atoms with E-state index in [1.807, 2.05) is 36.1 Å². The van der Waals surface area contributed by atoms with Gasteiger partial charge in [-0.25, -0.2) is 0 Å². The van der Waals surface area contributed by atoms with E-state index < -0.39 is 28.2 Å². The molecule has 10 heteroatoms. The quantitative estimate of drug-likeness (QED) is 0.224. The Hall–Kier alpha value is -2.30. The van der Waals surface area contributed by atoms with Crippen molar-refractivity contribution in [2.45, 2.75) is 80.8 Å². The molecule has 8 nitrogen and oxygen atoms in total. The van der Waals surface area contributed by atoms with Crippen LogP contribution in [0.2, 0.25) is 0 Å². The minimum Gasteiger partial charge on any atom is -0.494 e. The number of amides is 3. The van der Waals surface area contributed by atoms with E-state index in [2.05, 4.69) is 63.7 Å². The Kier molecular flexibility index (Phi) is 10.4. The molecule has 1 spiro atoms. The van der Waals surface area contributed by atoms with Crippen molar-refractivity contribution < 1.29 is 24.2 Å². The summed E-state index contributed by atoms with van der Waals surface area (Å²) in [6.45, 7) is 21.2. The molecule has 6 atom stereocenters. The zero-order valence-electron chi connectivity index (χ0n) is 26.9. The molecule has 1 N–H and O–H groups in total. The highest BCUT2D eigenvalue weighted by atomic mass is 79.9. The number of nitrogens with zero attached hydrogens (tertiary/aromatic N) is 3. The van der Waals surface area contributed by atoms with E-state index >= 15 is 0 Å². The van der Waals surface area contributed by atoms with E-state index in [4.69, 9.17) is 4.74 Å². The molecule has 0 aromatic heterocycles. The largest absolute Gasteiger partial charge is 0.494 e. The first kappa shape index (κ1) is 34.6. The summed E-state index contributed by atoms with van der Waals surface area (Å²) in [4.78, 5) is 48.7. The van der Waals surface area contributed by atoms with Gasteiger partial charge in [-0.1, -0.05) is 48.9 Å². The average molecular weight is 691 g/mol. The van der Waals surface area contributed by atoms with Gasteiger partial charge in [-0.05, 0) is 63.3 Å². The third kappa shape index (κ3) is 6.23. The Labute approximate surface area is 275 Å². The highest BCUT2D eigenvalue weighted by Gasteiger charge is 2.76. The van der Waals surface area contributed by atoms with E-state index in [-0.39, 0.29) is 52.9 Å². The molecule has 4 rings (SSSR count). The average Bonchev–Trinajstić information content (AvgIpc) is 3.52. The number of β-amino-alcohol motifs (C(OH)–C–C–N with tert-alkyl or cyclic N) is 1. The first-order valence-electron chi connectivity index (χ1n) is 15.5. The second kappa shape index (κ2) is 13.2. The fourth-order valence-corrected chi connectivity index (χ4v) is 11.5. The number of benzene rings is 1. The fourth-order valence-electron chi connectivity index (χ4n) is 7.87. The van der Waals surface area contributed by atoms with Gasteiger partial charge < -0.3 is 24.5 Å². The normalized spacial score (nSPS) is 27.7. The lowest BCUT2D eigenvalue weighted by Crippen LogP contribution is -2.60. The first-order valence-corrected chi connectivity index (χ1v) is 17.3. The Morgan fingerprint density at radius 3 is 2.32 bits per heavy atom. The number of hydrogen-bond donors (Lipinski definition) is 1. The lowest BCUT2D eigenvalue weighted by atomic mass is 9.70. The van der Waals surface area contributed by atoms with Crippen LogP contribution in [-0.2, 0) is 14.4 Å². The molecule has 44 heavy (non-hydrogen) atoms. The topological polar surface area (TPSA) is 90.4 Å². The third-order valence-electron chi connectivity index (χ3n) is 8.96. The molecule has 3 unspecified atom stereocenters. The summed E-state index contributed by atoms with van der Waals surface area (Å²) < 4.78 is 4.79. The SMILES string of the molecule is C=CCN(C(=O)[C@H]1[C@@H]2SC3(CC2Br)C(C(=O)N(CC=C)C(C)(C)CC(C)(C)C)N(CCO)C(=O)[C@H]13)c1ccc(OCC)cc1. The van der Waals surface area contributed by atoms with Gasteiger partial charge in [0.2, 0.25) is 17.7 Å². The number of carbonyl (C=O) groups is 3. The van der Waals surface area contributed by atoms with Gasteiger partial charge in [0.15, 0.2) is 0 Å². The molecule has 1 aromatic carbocycles.